The average molecular weight is 430 g/mol. The third kappa shape index (κ3) is 3.84. The number of nitrogens with zero attached hydrogens (tertiary/aromatic N) is 4. The molecule has 0 saturated carbocycles. The Morgan fingerprint density at radius 2 is 2.10 bits per heavy atom. The van der Waals surface area contributed by atoms with Gasteiger partial charge in [-0.1, -0.05) is 13.0 Å². The molecule has 9 heteroatoms. The van der Waals surface area contributed by atoms with E-state index in [1.165, 1.54) is 16.2 Å². The van der Waals surface area contributed by atoms with Crippen LogP contribution in [0.15, 0.2) is 23.8 Å². The topological polar surface area (TPSA) is 78.4 Å². The smallest absolute Gasteiger partial charge is 0.264 e. The number of nitrogens with one attached hydrogen (secondary N) is 1. The molecule has 7 nitrogen and oxygen atoms in total. The molecule has 1 aliphatic rings. The molecule has 1 atom stereocenters. The number of fused-ring (bicyclic) bond motifs is 1. The van der Waals surface area contributed by atoms with E-state index in [4.69, 9.17) is 0 Å². The highest BCUT2D eigenvalue weighted by molar-refractivity contribution is 7.20. The van der Waals surface area contributed by atoms with Gasteiger partial charge in [0.1, 0.15) is 17.0 Å². The number of carbonyl (C=O) groups excluding carboxylic acids is 2. The summed E-state index contributed by atoms with van der Waals surface area (Å²) in [6.07, 6.45) is 3.33. The van der Waals surface area contributed by atoms with Crippen molar-refractivity contribution in [2.24, 2.45) is 0 Å². The van der Waals surface area contributed by atoms with Crippen LogP contribution in [0.1, 0.15) is 39.5 Å². The Balaban J connectivity index is 1.63. The van der Waals surface area contributed by atoms with Crippen LogP contribution in [0.2, 0.25) is 0 Å². The van der Waals surface area contributed by atoms with Gasteiger partial charge in [0.15, 0.2) is 0 Å². The van der Waals surface area contributed by atoms with Crippen LogP contribution in [0, 0.1) is 6.92 Å². The third-order valence-corrected chi connectivity index (χ3v) is 7.45. The van der Waals surface area contributed by atoms with Crippen LogP contribution in [0.5, 0.6) is 0 Å². The number of piperazine rings is 1. The third-order valence-electron chi connectivity index (χ3n) is 5.28. The van der Waals surface area contributed by atoms with Crippen LogP contribution in [0.4, 0.5) is 5.82 Å². The molecule has 0 bridgehead atoms. The molecule has 2 amide bonds. The van der Waals surface area contributed by atoms with Gasteiger partial charge in [0.05, 0.1) is 16.3 Å². The van der Waals surface area contributed by atoms with Crippen molar-refractivity contribution < 1.29 is 9.59 Å². The summed E-state index contributed by atoms with van der Waals surface area (Å²) in [5.74, 6) is 0.779. The Hall–Kier alpha value is -2.52. The molecule has 0 radical (unpaired) electrons. The lowest BCUT2D eigenvalue weighted by Gasteiger charge is -2.32. The van der Waals surface area contributed by atoms with Crippen molar-refractivity contribution in [2.75, 3.05) is 31.5 Å². The lowest BCUT2D eigenvalue weighted by molar-refractivity contribution is -0.119. The zero-order valence-electron chi connectivity index (χ0n) is 16.4. The second kappa shape index (κ2) is 8.46. The number of amides is 2. The molecule has 0 aromatic carbocycles. The molecule has 4 rings (SSSR count). The molecule has 3 aromatic rings. The summed E-state index contributed by atoms with van der Waals surface area (Å²) < 4.78 is 0. The number of carbonyl (C=O) groups is 2. The van der Waals surface area contributed by atoms with Crippen LogP contribution in [0.3, 0.4) is 0 Å². The molecule has 0 aliphatic carbocycles. The fourth-order valence-corrected chi connectivity index (χ4v) is 5.57. The average Bonchev–Trinajstić information content (AvgIpc) is 3.40. The molecule has 3 aromatic heterocycles. The maximum absolute atomic E-state index is 13.1. The summed E-state index contributed by atoms with van der Waals surface area (Å²) in [5, 5.41) is 6.55. The van der Waals surface area contributed by atoms with Crippen molar-refractivity contribution >= 4 is 51.0 Å². The number of rotatable bonds is 6. The summed E-state index contributed by atoms with van der Waals surface area (Å²) in [5.41, 5.74) is 0.914. The van der Waals surface area contributed by atoms with Crippen molar-refractivity contribution in [3.8, 4) is 0 Å². The zero-order valence-corrected chi connectivity index (χ0v) is 18.1. The highest BCUT2D eigenvalue weighted by Crippen LogP contribution is 2.36. The van der Waals surface area contributed by atoms with Gasteiger partial charge in [-0.25, -0.2) is 9.97 Å². The SMILES string of the molecule is CCC(Nc1ncnc2sc(C(=O)N3CCN(C=O)CC3)c(C)c12)c1cccs1. The minimum Gasteiger partial charge on any atom is -0.362 e. The molecule has 29 heavy (non-hydrogen) atoms. The van der Waals surface area contributed by atoms with Crippen molar-refractivity contribution in [1.29, 1.82) is 0 Å². The summed E-state index contributed by atoms with van der Waals surface area (Å²) in [6.45, 7) is 6.37. The fraction of sp³-hybridized carbons (Fsp3) is 0.400. The molecule has 1 saturated heterocycles. The molecule has 1 N–H and O–H groups in total. The molecule has 152 valence electrons. The maximum Gasteiger partial charge on any atom is 0.264 e. The fourth-order valence-electron chi connectivity index (χ4n) is 3.59. The van der Waals surface area contributed by atoms with E-state index in [1.54, 1.807) is 22.6 Å². The van der Waals surface area contributed by atoms with Gasteiger partial charge in [-0.15, -0.1) is 22.7 Å². The van der Waals surface area contributed by atoms with Gasteiger partial charge >= 0.3 is 0 Å². The highest BCUT2D eigenvalue weighted by Gasteiger charge is 2.26. The Kier molecular flexibility index (Phi) is 5.77. The lowest BCUT2D eigenvalue weighted by atomic mass is 10.1. The minimum absolute atomic E-state index is 0.00676. The normalized spacial score (nSPS) is 15.5. The van der Waals surface area contributed by atoms with Gasteiger partial charge in [0.25, 0.3) is 5.91 Å². The lowest BCUT2D eigenvalue weighted by Crippen LogP contribution is -2.48. The quantitative estimate of drug-likeness (QED) is 0.607. The van der Waals surface area contributed by atoms with Gasteiger partial charge in [0.2, 0.25) is 6.41 Å². The first kappa shape index (κ1) is 19.8. The molecule has 1 aliphatic heterocycles. The predicted molar refractivity (Wildman–Crippen MR) is 117 cm³/mol. The Morgan fingerprint density at radius 1 is 1.31 bits per heavy atom. The summed E-state index contributed by atoms with van der Waals surface area (Å²) in [6, 6.07) is 4.35. The monoisotopic (exact) mass is 429 g/mol. The summed E-state index contributed by atoms with van der Waals surface area (Å²) >= 11 is 3.14. The number of anilines is 1. The van der Waals surface area contributed by atoms with Gasteiger partial charge in [-0.3, -0.25) is 9.59 Å². The van der Waals surface area contributed by atoms with Crippen LogP contribution < -0.4 is 5.32 Å². The van der Waals surface area contributed by atoms with E-state index in [1.807, 2.05) is 11.8 Å². The molecular weight excluding hydrogens is 406 g/mol. The Labute approximate surface area is 177 Å². The number of aromatic nitrogens is 2. The molecule has 4 heterocycles. The van der Waals surface area contributed by atoms with Gasteiger partial charge in [0, 0.05) is 31.1 Å². The van der Waals surface area contributed by atoms with E-state index in [9.17, 15) is 9.59 Å². The molecule has 1 fully saturated rings. The van der Waals surface area contributed by atoms with E-state index < -0.39 is 0 Å². The van der Waals surface area contributed by atoms with Crippen LogP contribution in [-0.2, 0) is 4.79 Å². The summed E-state index contributed by atoms with van der Waals surface area (Å²) in [7, 11) is 0. The second-order valence-corrected chi connectivity index (χ2v) is 8.99. The van der Waals surface area contributed by atoms with Crippen molar-refractivity contribution in [1.82, 2.24) is 19.8 Å². The maximum atomic E-state index is 13.1. The van der Waals surface area contributed by atoms with E-state index >= 15 is 0 Å². The van der Waals surface area contributed by atoms with Crippen molar-refractivity contribution in [3.05, 3.63) is 39.2 Å². The van der Waals surface area contributed by atoms with Gasteiger partial charge in [-0.05, 0) is 30.4 Å². The number of hydrogen-bond acceptors (Lipinski definition) is 7. The highest BCUT2D eigenvalue weighted by atomic mass is 32.1. The number of hydrogen-bond donors (Lipinski definition) is 1. The van der Waals surface area contributed by atoms with Crippen molar-refractivity contribution in [3.63, 3.8) is 0 Å². The Bertz CT molecular complexity index is 1010. The Morgan fingerprint density at radius 3 is 2.76 bits per heavy atom. The zero-order chi connectivity index (χ0) is 20.4. The van der Waals surface area contributed by atoms with E-state index in [0.717, 1.165) is 34.4 Å². The van der Waals surface area contributed by atoms with Gasteiger partial charge < -0.3 is 15.1 Å². The van der Waals surface area contributed by atoms with Crippen molar-refractivity contribution in [2.45, 2.75) is 26.3 Å². The number of aryl methyl sites for hydroxylation is 1. The first-order valence-corrected chi connectivity index (χ1v) is 11.3. The molecule has 0 spiro atoms. The second-order valence-electron chi connectivity index (χ2n) is 7.01. The van der Waals surface area contributed by atoms with Crippen LogP contribution >= 0.6 is 22.7 Å². The van der Waals surface area contributed by atoms with E-state index in [2.05, 4.69) is 39.7 Å². The van der Waals surface area contributed by atoms with E-state index in [-0.39, 0.29) is 11.9 Å². The predicted octanol–water partition coefficient (Wildman–Crippen LogP) is 3.54. The minimum atomic E-state index is 0.00676. The first-order chi connectivity index (χ1) is 14.1. The van der Waals surface area contributed by atoms with Gasteiger partial charge in [-0.2, -0.15) is 0 Å². The number of thiophene rings is 2. The van der Waals surface area contributed by atoms with Crippen LogP contribution in [-0.4, -0.2) is 58.3 Å². The standard InChI is InChI=1S/C20H23N5O2S2/c1-3-14(15-5-4-10-28-15)23-18-16-13(2)17(29-19(16)22-11-21-18)20(27)25-8-6-24(12-26)7-9-25/h4-5,10-12,14H,3,6-9H2,1-2H3,(H,21,22,23). The van der Waals surface area contributed by atoms with Crippen LogP contribution in [0.25, 0.3) is 10.2 Å². The first-order valence-electron chi connectivity index (χ1n) is 9.65. The molecule has 1 unspecified atom stereocenters. The summed E-state index contributed by atoms with van der Waals surface area (Å²) in [4.78, 5) is 39.2. The van der Waals surface area contributed by atoms with E-state index in [0.29, 0.717) is 31.1 Å². The largest absolute Gasteiger partial charge is 0.362 e. The molecular formula is C20H23N5O2S2.